The van der Waals surface area contributed by atoms with Crippen LogP contribution in [0.3, 0.4) is 0 Å². The van der Waals surface area contributed by atoms with E-state index in [-0.39, 0.29) is 6.61 Å². The lowest BCUT2D eigenvalue weighted by atomic mass is 10.0. The molecule has 0 aliphatic heterocycles. The van der Waals surface area contributed by atoms with Crippen LogP contribution in [0.2, 0.25) is 0 Å². The average molecular weight is 256 g/mol. The van der Waals surface area contributed by atoms with E-state index >= 15 is 0 Å². The molecule has 17 heavy (non-hydrogen) atoms. The number of nitrogens with two attached hydrogens (primary N) is 1. The van der Waals surface area contributed by atoms with Gasteiger partial charge in [0.2, 0.25) is 0 Å². The molecule has 0 radical (unpaired) electrons. The Balaban J connectivity index is 4.61. The Morgan fingerprint density at radius 2 is 1.82 bits per heavy atom. The number of hydrogen-bond acceptors (Lipinski definition) is 3. The fraction of sp³-hybridized carbons (Fsp3) is 1.00. The summed E-state index contributed by atoms with van der Waals surface area (Å²) in [7, 11) is 0. The Hall–Kier alpha value is -0.330. The molecule has 3 nitrogen and oxygen atoms in total. The highest BCUT2D eigenvalue weighted by atomic mass is 19.4. The van der Waals surface area contributed by atoms with Gasteiger partial charge in [0.05, 0.1) is 13.2 Å². The van der Waals surface area contributed by atoms with Gasteiger partial charge in [0.25, 0.3) is 0 Å². The molecule has 104 valence electrons. The number of hydrogen-bond donors (Lipinski definition) is 2. The van der Waals surface area contributed by atoms with E-state index in [2.05, 4.69) is 0 Å². The van der Waals surface area contributed by atoms with Gasteiger partial charge in [0, 0.05) is 12.1 Å². The maximum absolute atomic E-state index is 12.4. The zero-order valence-corrected chi connectivity index (χ0v) is 10.5. The van der Waals surface area contributed by atoms with E-state index in [0.717, 1.165) is 6.42 Å². The monoisotopic (exact) mass is 256 g/mol. The highest BCUT2D eigenvalue weighted by molar-refractivity contribution is 4.82. The van der Waals surface area contributed by atoms with Crippen LogP contribution in [0.4, 0.5) is 13.2 Å². The van der Waals surface area contributed by atoms with E-state index in [4.69, 9.17) is 5.73 Å². The summed E-state index contributed by atoms with van der Waals surface area (Å²) in [6, 6.07) is -1.03. The van der Waals surface area contributed by atoms with Crippen LogP contribution in [-0.4, -0.2) is 48.0 Å². The van der Waals surface area contributed by atoms with Crippen molar-refractivity contribution in [3.8, 4) is 0 Å². The predicted octanol–water partition coefficient (Wildman–Crippen LogP) is 1.75. The first-order valence-corrected chi connectivity index (χ1v) is 6.02. The van der Waals surface area contributed by atoms with Gasteiger partial charge in [-0.05, 0) is 19.4 Å². The topological polar surface area (TPSA) is 49.5 Å². The van der Waals surface area contributed by atoms with Crippen LogP contribution in [0.15, 0.2) is 0 Å². The van der Waals surface area contributed by atoms with Crippen LogP contribution in [0.1, 0.15) is 33.1 Å². The van der Waals surface area contributed by atoms with Crippen LogP contribution in [-0.2, 0) is 0 Å². The number of halogens is 3. The van der Waals surface area contributed by atoms with E-state index in [9.17, 15) is 18.3 Å². The summed E-state index contributed by atoms with van der Waals surface area (Å²) in [6.45, 7) is 2.67. The van der Waals surface area contributed by atoms with Crippen molar-refractivity contribution in [3.05, 3.63) is 0 Å². The van der Waals surface area contributed by atoms with Crippen molar-refractivity contribution in [2.24, 2.45) is 5.73 Å². The fourth-order valence-electron chi connectivity index (χ4n) is 1.93. The first-order valence-electron chi connectivity index (χ1n) is 6.02. The second-order valence-electron chi connectivity index (χ2n) is 4.29. The summed E-state index contributed by atoms with van der Waals surface area (Å²) in [4.78, 5) is 1.24. The Labute approximate surface area is 101 Å². The molecular formula is C11H23F3N2O. The van der Waals surface area contributed by atoms with Crippen molar-refractivity contribution in [1.29, 1.82) is 0 Å². The lowest BCUT2D eigenvalue weighted by Crippen LogP contribution is -2.53. The molecule has 0 heterocycles. The molecule has 0 fully saturated rings. The molecule has 0 aromatic carbocycles. The van der Waals surface area contributed by atoms with Gasteiger partial charge in [0.15, 0.2) is 0 Å². The normalized spacial score (nSPS) is 16.2. The highest BCUT2D eigenvalue weighted by Crippen LogP contribution is 2.19. The molecule has 0 aromatic rings. The predicted molar refractivity (Wildman–Crippen MR) is 61.7 cm³/mol. The van der Waals surface area contributed by atoms with Crippen LogP contribution in [0.5, 0.6) is 0 Å². The second kappa shape index (κ2) is 7.89. The van der Waals surface area contributed by atoms with Crippen LogP contribution >= 0.6 is 0 Å². The number of aliphatic hydroxyl groups is 1. The van der Waals surface area contributed by atoms with E-state index < -0.39 is 24.8 Å². The standard InChI is InChI=1S/C11H23F3N2O/c1-3-5-9(15)10(7-17)16(6-4-2)8-11(12,13)14/h9-10,17H,3-8,15H2,1-2H3. The third-order valence-corrected chi connectivity index (χ3v) is 2.67. The minimum absolute atomic E-state index is 0.294. The largest absolute Gasteiger partial charge is 0.401 e. The molecule has 0 rings (SSSR count). The molecule has 3 N–H and O–H groups in total. The van der Waals surface area contributed by atoms with Crippen LogP contribution in [0, 0.1) is 0 Å². The molecule has 0 spiro atoms. The Morgan fingerprint density at radius 3 is 2.18 bits per heavy atom. The van der Waals surface area contributed by atoms with Crippen molar-refractivity contribution in [2.75, 3.05) is 19.7 Å². The summed E-state index contributed by atoms with van der Waals surface area (Å²) in [5.74, 6) is 0. The smallest absolute Gasteiger partial charge is 0.395 e. The van der Waals surface area contributed by atoms with Gasteiger partial charge < -0.3 is 10.8 Å². The zero-order valence-electron chi connectivity index (χ0n) is 10.5. The molecule has 0 bridgehead atoms. The fourth-order valence-corrected chi connectivity index (χ4v) is 1.93. The number of aliphatic hydroxyl groups excluding tert-OH is 1. The third-order valence-electron chi connectivity index (χ3n) is 2.67. The van der Waals surface area contributed by atoms with Gasteiger partial charge in [-0.25, -0.2) is 0 Å². The van der Waals surface area contributed by atoms with Crippen LogP contribution < -0.4 is 5.73 Å². The summed E-state index contributed by atoms with van der Waals surface area (Å²) in [5.41, 5.74) is 5.82. The first-order chi connectivity index (χ1) is 7.85. The molecule has 0 saturated carbocycles. The molecule has 6 heteroatoms. The van der Waals surface area contributed by atoms with Gasteiger partial charge in [-0.15, -0.1) is 0 Å². The molecule has 2 atom stereocenters. The maximum Gasteiger partial charge on any atom is 0.401 e. The van der Waals surface area contributed by atoms with E-state index in [0.29, 0.717) is 19.4 Å². The van der Waals surface area contributed by atoms with E-state index in [1.165, 1.54) is 4.90 Å². The van der Waals surface area contributed by atoms with Crippen molar-refractivity contribution in [1.82, 2.24) is 4.90 Å². The summed E-state index contributed by atoms with van der Waals surface area (Å²) < 4.78 is 37.2. The SMILES string of the molecule is CCCC(N)C(CO)N(CCC)CC(F)(F)F. The minimum Gasteiger partial charge on any atom is -0.395 e. The van der Waals surface area contributed by atoms with Crippen molar-refractivity contribution in [3.63, 3.8) is 0 Å². The van der Waals surface area contributed by atoms with Gasteiger partial charge in [-0.3, -0.25) is 4.90 Å². The van der Waals surface area contributed by atoms with Crippen LogP contribution in [0.25, 0.3) is 0 Å². The first kappa shape index (κ1) is 16.7. The Morgan fingerprint density at radius 1 is 1.24 bits per heavy atom. The van der Waals surface area contributed by atoms with Crippen molar-refractivity contribution < 1.29 is 18.3 Å². The Bertz CT molecular complexity index is 200. The van der Waals surface area contributed by atoms with Crippen molar-refractivity contribution in [2.45, 2.75) is 51.4 Å². The van der Waals surface area contributed by atoms with E-state index in [1.54, 1.807) is 0 Å². The van der Waals surface area contributed by atoms with Gasteiger partial charge in [0.1, 0.15) is 0 Å². The number of rotatable bonds is 8. The summed E-state index contributed by atoms with van der Waals surface area (Å²) in [5, 5.41) is 9.23. The molecule has 0 amide bonds. The van der Waals surface area contributed by atoms with E-state index in [1.807, 2.05) is 13.8 Å². The highest BCUT2D eigenvalue weighted by Gasteiger charge is 2.34. The summed E-state index contributed by atoms with van der Waals surface area (Å²) >= 11 is 0. The average Bonchev–Trinajstić information content (AvgIpc) is 2.17. The molecule has 0 aromatic heterocycles. The molecule has 0 aliphatic carbocycles. The molecular weight excluding hydrogens is 233 g/mol. The quantitative estimate of drug-likeness (QED) is 0.695. The van der Waals surface area contributed by atoms with Crippen molar-refractivity contribution >= 4 is 0 Å². The van der Waals surface area contributed by atoms with Gasteiger partial charge >= 0.3 is 6.18 Å². The minimum atomic E-state index is -4.26. The molecule has 0 saturated heterocycles. The Kier molecular flexibility index (Phi) is 7.74. The third kappa shape index (κ3) is 6.85. The molecule has 0 aliphatic rings. The summed E-state index contributed by atoms with van der Waals surface area (Å²) in [6.07, 6.45) is -2.24. The maximum atomic E-state index is 12.4. The second-order valence-corrected chi connectivity index (χ2v) is 4.29. The molecule has 2 unspecified atom stereocenters. The number of nitrogens with zero attached hydrogens (tertiary/aromatic N) is 1. The van der Waals surface area contributed by atoms with Gasteiger partial charge in [-0.1, -0.05) is 20.3 Å². The lowest BCUT2D eigenvalue weighted by Gasteiger charge is -2.34. The lowest BCUT2D eigenvalue weighted by molar-refractivity contribution is -0.153. The zero-order chi connectivity index (χ0) is 13.5. The number of alkyl halides is 3. The van der Waals surface area contributed by atoms with Gasteiger partial charge in [-0.2, -0.15) is 13.2 Å².